The van der Waals surface area contributed by atoms with Gasteiger partial charge in [-0.15, -0.1) is 0 Å². The number of hydrogen-bond acceptors (Lipinski definition) is 4. The van der Waals surface area contributed by atoms with Crippen LogP contribution >= 0.6 is 0 Å². The fourth-order valence-electron chi connectivity index (χ4n) is 3.48. The van der Waals surface area contributed by atoms with Crippen LogP contribution in [0.15, 0.2) is 12.3 Å². The molecule has 150 valence electrons. The Labute approximate surface area is 155 Å². The highest BCUT2D eigenvalue weighted by molar-refractivity contribution is 5.99. The van der Waals surface area contributed by atoms with Crippen molar-refractivity contribution in [2.24, 2.45) is 0 Å². The van der Waals surface area contributed by atoms with E-state index in [1.165, 1.54) is 17.2 Å². The number of aromatic amines is 1. The first-order valence-corrected chi connectivity index (χ1v) is 9.13. The van der Waals surface area contributed by atoms with Gasteiger partial charge in [-0.3, -0.25) is 14.5 Å². The predicted molar refractivity (Wildman–Crippen MR) is 92.5 cm³/mol. The van der Waals surface area contributed by atoms with E-state index in [-0.39, 0.29) is 30.3 Å². The Morgan fingerprint density at radius 2 is 1.81 bits per heavy atom. The average molecular weight is 387 g/mol. The molecule has 1 aromatic heterocycles. The molecule has 2 aliphatic heterocycles. The molecule has 0 aliphatic carbocycles. The van der Waals surface area contributed by atoms with Crippen LogP contribution in [0.25, 0.3) is 0 Å². The molecule has 3 heterocycles. The number of H-pyrrole nitrogens is 1. The van der Waals surface area contributed by atoms with Crippen molar-refractivity contribution in [3.8, 4) is 0 Å². The molecule has 27 heavy (non-hydrogen) atoms. The maximum Gasteiger partial charge on any atom is 0.405 e. The molecule has 0 aromatic carbocycles. The third-order valence-electron chi connectivity index (χ3n) is 5.00. The van der Waals surface area contributed by atoms with Gasteiger partial charge in [-0.25, -0.2) is 0 Å². The number of carbonyl (C=O) groups is 2. The quantitative estimate of drug-likeness (QED) is 0.699. The van der Waals surface area contributed by atoms with Gasteiger partial charge < -0.3 is 20.5 Å². The van der Waals surface area contributed by atoms with Gasteiger partial charge in [0.2, 0.25) is 0 Å². The maximum absolute atomic E-state index is 13.4. The second kappa shape index (κ2) is 8.30. The summed E-state index contributed by atoms with van der Waals surface area (Å²) in [6, 6.07) is -0.336. The van der Waals surface area contributed by atoms with E-state index in [4.69, 9.17) is 0 Å². The SMILES string of the molecule is O=C(NCC(N1CCNCC1)C(F)(F)F)c1c[nH]c(C(=O)N2CCCC2)c1. The van der Waals surface area contributed by atoms with E-state index in [0.29, 0.717) is 26.2 Å². The van der Waals surface area contributed by atoms with Crippen LogP contribution in [0.1, 0.15) is 33.7 Å². The second-order valence-electron chi connectivity index (χ2n) is 6.85. The van der Waals surface area contributed by atoms with E-state index < -0.39 is 24.7 Å². The molecule has 10 heteroatoms. The zero-order valence-corrected chi connectivity index (χ0v) is 14.9. The topological polar surface area (TPSA) is 80.5 Å². The zero-order chi connectivity index (χ0) is 19.4. The Bertz CT molecular complexity index is 664. The van der Waals surface area contributed by atoms with E-state index >= 15 is 0 Å². The van der Waals surface area contributed by atoms with Gasteiger partial charge in [-0.05, 0) is 18.9 Å². The monoisotopic (exact) mass is 387 g/mol. The molecule has 1 atom stereocenters. The lowest BCUT2D eigenvalue weighted by Gasteiger charge is -2.35. The molecule has 0 spiro atoms. The minimum atomic E-state index is -4.43. The van der Waals surface area contributed by atoms with Crippen molar-refractivity contribution >= 4 is 11.8 Å². The Hall–Kier alpha value is -2.07. The summed E-state index contributed by atoms with van der Waals surface area (Å²) in [5.41, 5.74) is 0.426. The first-order valence-electron chi connectivity index (χ1n) is 9.13. The van der Waals surface area contributed by atoms with Crippen LogP contribution in [0.5, 0.6) is 0 Å². The molecule has 7 nitrogen and oxygen atoms in total. The summed E-state index contributed by atoms with van der Waals surface area (Å²) in [6.07, 6.45) is -1.18. The second-order valence-corrected chi connectivity index (χ2v) is 6.85. The van der Waals surface area contributed by atoms with Gasteiger partial charge in [0.05, 0.1) is 5.56 Å². The van der Waals surface area contributed by atoms with Crippen molar-refractivity contribution in [1.82, 2.24) is 25.4 Å². The van der Waals surface area contributed by atoms with Gasteiger partial charge in [0.25, 0.3) is 11.8 Å². The number of hydrogen-bond donors (Lipinski definition) is 3. The maximum atomic E-state index is 13.4. The highest BCUT2D eigenvalue weighted by atomic mass is 19.4. The smallest absolute Gasteiger partial charge is 0.356 e. The van der Waals surface area contributed by atoms with Crippen LogP contribution in [0.3, 0.4) is 0 Å². The highest BCUT2D eigenvalue weighted by Gasteiger charge is 2.43. The number of amides is 2. The van der Waals surface area contributed by atoms with Crippen molar-refractivity contribution in [3.63, 3.8) is 0 Å². The number of carbonyl (C=O) groups excluding carboxylic acids is 2. The normalized spacial score (nSPS) is 19.9. The number of likely N-dealkylation sites (tertiary alicyclic amines) is 1. The summed E-state index contributed by atoms with van der Waals surface area (Å²) in [7, 11) is 0. The van der Waals surface area contributed by atoms with E-state index in [9.17, 15) is 22.8 Å². The first-order chi connectivity index (χ1) is 12.9. The van der Waals surface area contributed by atoms with Gasteiger partial charge in [-0.1, -0.05) is 0 Å². The highest BCUT2D eigenvalue weighted by Crippen LogP contribution is 2.25. The van der Waals surface area contributed by atoms with Crippen molar-refractivity contribution < 1.29 is 22.8 Å². The van der Waals surface area contributed by atoms with Crippen LogP contribution in [-0.2, 0) is 0 Å². The summed E-state index contributed by atoms with van der Waals surface area (Å²) < 4.78 is 40.1. The third kappa shape index (κ3) is 4.81. The summed E-state index contributed by atoms with van der Waals surface area (Å²) in [4.78, 5) is 30.3. The molecule has 0 bridgehead atoms. The number of piperazine rings is 1. The van der Waals surface area contributed by atoms with Gasteiger partial charge in [0.1, 0.15) is 11.7 Å². The molecule has 0 saturated carbocycles. The predicted octanol–water partition coefficient (Wildman–Crippen LogP) is 0.817. The van der Waals surface area contributed by atoms with Crippen LogP contribution in [0, 0.1) is 0 Å². The summed E-state index contributed by atoms with van der Waals surface area (Å²) in [6.45, 7) is 2.36. The molecule has 1 aromatic rings. The molecular formula is C17H24F3N5O2. The Morgan fingerprint density at radius 3 is 2.44 bits per heavy atom. The third-order valence-corrected chi connectivity index (χ3v) is 5.00. The number of halogens is 3. The molecule has 2 fully saturated rings. The van der Waals surface area contributed by atoms with Gasteiger partial charge >= 0.3 is 6.18 Å². The summed E-state index contributed by atoms with van der Waals surface area (Å²) >= 11 is 0. The minimum Gasteiger partial charge on any atom is -0.356 e. The summed E-state index contributed by atoms with van der Waals surface area (Å²) in [5.74, 6) is -0.823. The van der Waals surface area contributed by atoms with Crippen LogP contribution in [-0.4, -0.2) is 84.6 Å². The standard InChI is InChI=1S/C17H24F3N5O2/c18-17(19,20)14(24-7-3-21-4-8-24)11-23-15(26)12-9-13(22-10-12)16(27)25-5-1-2-6-25/h9-10,14,21-22H,1-8,11H2,(H,23,26). The average Bonchev–Trinajstić information content (AvgIpc) is 3.33. The number of nitrogens with zero attached hydrogens (tertiary/aromatic N) is 2. The van der Waals surface area contributed by atoms with Gasteiger partial charge in [0, 0.05) is 52.0 Å². The minimum absolute atomic E-state index is 0.152. The fraction of sp³-hybridized carbons (Fsp3) is 0.647. The molecule has 1 unspecified atom stereocenters. The Morgan fingerprint density at radius 1 is 1.15 bits per heavy atom. The molecule has 3 N–H and O–H groups in total. The van der Waals surface area contributed by atoms with E-state index in [2.05, 4.69) is 15.6 Å². The lowest BCUT2D eigenvalue weighted by atomic mass is 10.2. The molecule has 2 saturated heterocycles. The van der Waals surface area contributed by atoms with Crippen molar-refractivity contribution in [1.29, 1.82) is 0 Å². The number of aromatic nitrogens is 1. The molecular weight excluding hydrogens is 363 g/mol. The largest absolute Gasteiger partial charge is 0.405 e. The van der Waals surface area contributed by atoms with Gasteiger partial charge in [0.15, 0.2) is 0 Å². The molecule has 0 radical (unpaired) electrons. The Kier molecular flexibility index (Phi) is 6.05. The van der Waals surface area contributed by atoms with E-state index in [1.807, 2.05) is 0 Å². The molecule has 2 amide bonds. The number of alkyl halides is 3. The van der Waals surface area contributed by atoms with Crippen LogP contribution in [0.2, 0.25) is 0 Å². The van der Waals surface area contributed by atoms with E-state index in [1.54, 1.807) is 4.90 Å². The Balaban J connectivity index is 1.59. The van der Waals surface area contributed by atoms with Crippen LogP contribution in [0.4, 0.5) is 13.2 Å². The van der Waals surface area contributed by atoms with Crippen molar-refractivity contribution in [2.45, 2.75) is 25.1 Å². The number of rotatable bonds is 5. The summed E-state index contributed by atoms with van der Waals surface area (Å²) in [5, 5.41) is 5.37. The van der Waals surface area contributed by atoms with Gasteiger partial charge in [-0.2, -0.15) is 13.2 Å². The van der Waals surface area contributed by atoms with Crippen LogP contribution < -0.4 is 10.6 Å². The number of nitrogens with one attached hydrogen (secondary N) is 3. The van der Waals surface area contributed by atoms with E-state index in [0.717, 1.165) is 12.8 Å². The molecule has 3 rings (SSSR count). The lowest BCUT2D eigenvalue weighted by molar-refractivity contribution is -0.183. The fourth-order valence-corrected chi connectivity index (χ4v) is 3.48. The lowest BCUT2D eigenvalue weighted by Crippen LogP contribution is -2.57. The van der Waals surface area contributed by atoms with Crippen molar-refractivity contribution in [3.05, 3.63) is 23.5 Å². The zero-order valence-electron chi connectivity index (χ0n) is 14.9. The van der Waals surface area contributed by atoms with Crippen molar-refractivity contribution in [2.75, 3.05) is 45.8 Å². The molecule has 2 aliphatic rings. The first kappa shape index (κ1) is 19.7.